The smallest absolute Gasteiger partial charge is 0.330 e. The van der Waals surface area contributed by atoms with Crippen LogP contribution >= 0.6 is 11.6 Å². The van der Waals surface area contributed by atoms with Crippen molar-refractivity contribution < 1.29 is 9.84 Å². The van der Waals surface area contributed by atoms with Gasteiger partial charge in [-0.3, -0.25) is 14.3 Å². The van der Waals surface area contributed by atoms with E-state index in [9.17, 15) is 14.7 Å². The summed E-state index contributed by atoms with van der Waals surface area (Å²) in [4.78, 5) is 27.3. The quantitative estimate of drug-likeness (QED) is 0.352. The van der Waals surface area contributed by atoms with Crippen LogP contribution in [0.25, 0.3) is 10.4 Å². The van der Waals surface area contributed by atoms with E-state index in [1.807, 2.05) is 0 Å². The molecule has 1 aromatic heterocycles. The van der Waals surface area contributed by atoms with Crippen LogP contribution in [0.4, 0.5) is 0 Å². The lowest BCUT2D eigenvalue weighted by Crippen LogP contribution is -2.35. The lowest BCUT2D eigenvalue weighted by atomic mass is 10.1. The second-order valence-corrected chi connectivity index (χ2v) is 4.60. The molecule has 1 aliphatic rings. The zero-order valence-corrected chi connectivity index (χ0v) is 10.3. The first kappa shape index (κ1) is 13.6. The maximum atomic E-state index is 11.6. The third-order valence-corrected chi connectivity index (χ3v) is 3.13. The summed E-state index contributed by atoms with van der Waals surface area (Å²) >= 11 is 6.05. The number of aromatic amines is 1. The van der Waals surface area contributed by atoms with E-state index in [0.29, 0.717) is 0 Å². The number of nitrogens with zero attached hydrogens (tertiary/aromatic N) is 4. The van der Waals surface area contributed by atoms with Gasteiger partial charge in [-0.05, 0) is 5.53 Å². The molecule has 1 saturated heterocycles. The van der Waals surface area contributed by atoms with Gasteiger partial charge in [0.2, 0.25) is 0 Å². The summed E-state index contributed by atoms with van der Waals surface area (Å²) in [5.41, 5.74) is 5.72. The number of rotatable bonds is 3. The zero-order valence-electron chi connectivity index (χ0n) is 9.56. The Kier molecular flexibility index (Phi) is 3.63. The predicted molar refractivity (Wildman–Crippen MR) is 64.7 cm³/mol. The SMILES string of the molecule is [N-]=[N+]=N[C@@]1(CO)C[C@@H](Cl)[C@@H](n2ccc(=O)[nH]c2=O)O1. The van der Waals surface area contributed by atoms with Gasteiger partial charge in [0, 0.05) is 23.6 Å². The number of hydrogen-bond acceptors (Lipinski definition) is 5. The van der Waals surface area contributed by atoms with Gasteiger partial charge in [-0.15, -0.1) is 11.6 Å². The van der Waals surface area contributed by atoms with Crippen molar-refractivity contribution in [1.29, 1.82) is 0 Å². The molecule has 0 bridgehead atoms. The number of aliphatic hydroxyl groups excluding tert-OH is 1. The Morgan fingerprint density at radius 2 is 2.47 bits per heavy atom. The highest BCUT2D eigenvalue weighted by Gasteiger charge is 2.46. The van der Waals surface area contributed by atoms with Gasteiger partial charge in [0.25, 0.3) is 5.56 Å². The molecular weight excluding hydrogens is 278 g/mol. The molecule has 102 valence electrons. The number of nitrogens with one attached hydrogen (secondary N) is 1. The molecule has 1 aromatic rings. The fourth-order valence-electron chi connectivity index (χ4n) is 1.89. The Morgan fingerprint density at radius 1 is 1.74 bits per heavy atom. The van der Waals surface area contributed by atoms with Gasteiger partial charge in [0.05, 0.1) is 12.0 Å². The standard InChI is InChI=1S/C9H10ClN5O4/c10-5-3-9(4-16,13-14-11)19-7(5)15-2-1-6(17)12-8(15)18/h1-2,5,7,16H,3-4H2,(H,12,17,18)/t5-,7+,9+/m1/s1. The predicted octanol–water partition coefficient (Wildman–Crippen LogP) is 0.0618. The minimum atomic E-state index is -1.50. The van der Waals surface area contributed by atoms with Crippen LogP contribution < -0.4 is 11.2 Å². The van der Waals surface area contributed by atoms with Gasteiger partial charge >= 0.3 is 5.69 Å². The molecule has 9 nitrogen and oxygen atoms in total. The van der Waals surface area contributed by atoms with Crippen molar-refractivity contribution in [2.75, 3.05) is 6.61 Å². The van der Waals surface area contributed by atoms with Crippen molar-refractivity contribution in [3.63, 3.8) is 0 Å². The van der Waals surface area contributed by atoms with Crippen LogP contribution in [0.5, 0.6) is 0 Å². The summed E-state index contributed by atoms with van der Waals surface area (Å²) < 4.78 is 6.47. The molecule has 3 atom stereocenters. The monoisotopic (exact) mass is 287 g/mol. The summed E-state index contributed by atoms with van der Waals surface area (Å²) in [6, 6.07) is 1.14. The van der Waals surface area contributed by atoms with E-state index in [4.69, 9.17) is 21.9 Å². The zero-order chi connectivity index (χ0) is 14.0. The first-order chi connectivity index (χ1) is 9.01. The molecule has 2 rings (SSSR count). The highest BCUT2D eigenvalue weighted by atomic mass is 35.5. The van der Waals surface area contributed by atoms with Gasteiger partial charge in [0.15, 0.2) is 12.0 Å². The first-order valence-electron chi connectivity index (χ1n) is 5.32. The van der Waals surface area contributed by atoms with Crippen molar-refractivity contribution in [1.82, 2.24) is 9.55 Å². The number of aromatic nitrogens is 2. The van der Waals surface area contributed by atoms with E-state index in [1.165, 1.54) is 6.20 Å². The Hall–Kier alpha value is -1.80. The molecule has 0 radical (unpaired) electrons. The molecule has 0 unspecified atom stereocenters. The van der Waals surface area contributed by atoms with Crippen LogP contribution in [0.1, 0.15) is 12.6 Å². The Bertz CT molecular complexity index is 636. The minimum absolute atomic E-state index is 0.0470. The molecule has 0 aromatic carbocycles. The van der Waals surface area contributed by atoms with Crippen molar-refractivity contribution in [3.8, 4) is 0 Å². The topological polar surface area (TPSA) is 133 Å². The average molecular weight is 288 g/mol. The fourth-order valence-corrected chi connectivity index (χ4v) is 2.30. The Morgan fingerprint density at radius 3 is 3.05 bits per heavy atom. The number of alkyl halides is 1. The van der Waals surface area contributed by atoms with Gasteiger partial charge in [-0.25, -0.2) is 4.79 Å². The van der Waals surface area contributed by atoms with Crippen LogP contribution in [0.2, 0.25) is 0 Å². The number of aliphatic hydroxyl groups is 1. The van der Waals surface area contributed by atoms with Crippen molar-refractivity contribution in [3.05, 3.63) is 43.5 Å². The number of azide groups is 1. The highest BCUT2D eigenvalue weighted by Crippen LogP contribution is 2.40. The van der Waals surface area contributed by atoms with E-state index in [1.54, 1.807) is 0 Å². The molecule has 2 N–H and O–H groups in total. The van der Waals surface area contributed by atoms with Gasteiger partial charge in [0.1, 0.15) is 0 Å². The summed E-state index contributed by atoms with van der Waals surface area (Å²) in [7, 11) is 0. The highest BCUT2D eigenvalue weighted by molar-refractivity contribution is 6.21. The van der Waals surface area contributed by atoms with E-state index < -0.39 is 35.2 Å². The van der Waals surface area contributed by atoms with Crippen LogP contribution in [0.3, 0.4) is 0 Å². The van der Waals surface area contributed by atoms with Crippen LogP contribution in [0, 0.1) is 0 Å². The van der Waals surface area contributed by atoms with E-state index in [-0.39, 0.29) is 6.42 Å². The van der Waals surface area contributed by atoms with Crippen molar-refractivity contribution in [2.24, 2.45) is 5.11 Å². The first-order valence-corrected chi connectivity index (χ1v) is 5.75. The van der Waals surface area contributed by atoms with Crippen LogP contribution in [0.15, 0.2) is 27.0 Å². The van der Waals surface area contributed by atoms with E-state index in [0.717, 1.165) is 10.6 Å². The lowest BCUT2D eigenvalue weighted by molar-refractivity contribution is -0.0947. The lowest BCUT2D eigenvalue weighted by Gasteiger charge is -2.21. The second kappa shape index (κ2) is 5.06. The van der Waals surface area contributed by atoms with Gasteiger partial charge in [-0.1, -0.05) is 5.11 Å². The molecule has 10 heteroatoms. The van der Waals surface area contributed by atoms with Crippen LogP contribution in [-0.4, -0.2) is 32.4 Å². The summed E-state index contributed by atoms with van der Waals surface area (Å²) in [5, 5.41) is 11.9. The Labute approximate surface area is 111 Å². The largest absolute Gasteiger partial charge is 0.393 e. The molecule has 19 heavy (non-hydrogen) atoms. The van der Waals surface area contributed by atoms with Gasteiger partial charge in [-0.2, -0.15) is 0 Å². The van der Waals surface area contributed by atoms with Crippen LogP contribution in [-0.2, 0) is 4.74 Å². The molecule has 1 fully saturated rings. The molecule has 2 heterocycles. The normalized spacial score (nSPS) is 30.0. The van der Waals surface area contributed by atoms with Crippen molar-refractivity contribution >= 4 is 11.6 Å². The molecule has 0 amide bonds. The average Bonchev–Trinajstić information content (AvgIpc) is 2.68. The van der Waals surface area contributed by atoms with E-state index in [2.05, 4.69) is 15.0 Å². The number of ether oxygens (including phenoxy) is 1. The van der Waals surface area contributed by atoms with Crippen molar-refractivity contribution in [2.45, 2.75) is 23.8 Å². The molecular formula is C9H10ClN5O4. The third kappa shape index (κ3) is 2.49. The number of hydrogen-bond donors (Lipinski definition) is 2. The summed E-state index contributed by atoms with van der Waals surface area (Å²) in [5.74, 6) is 0. The second-order valence-electron chi connectivity index (χ2n) is 4.04. The van der Waals surface area contributed by atoms with E-state index >= 15 is 0 Å². The third-order valence-electron chi connectivity index (χ3n) is 2.76. The Balaban J connectivity index is 2.39. The summed E-state index contributed by atoms with van der Waals surface area (Å²) in [6.07, 6.45) is 0.333. The summed E-state index contributed by atoms with van der Waals surface area (Å²) in [6.45, 7) is -0.561. The number of H-pyrrole nitrogens is 1. The molecule has 1 aliphatic heterocycles. The maximum Gasteiger partial charge on any atom is 0.330 e. The molecule has 0 spiro atoms. The fraction of sp³-hybridized carbons (Fsp3) is 0.556. The minimum Gasteiger partial charge on any atom is -0.393 e. The molecule has 0 saturated carbocycles. The number of halogens is 1. The van der Waals surface area contributed by atoms with Gasteiger partial charge < -0.3 is 9.84 Å². The molecule has 0 aliphatic carbocycles. The maximum absolute atomic E-state index is 11.6.